The smallest absolute Gasteiger partial charge is 0.306 e. The van der Waals surface area contributed by atoms with Gasteiger partial charge < -0.3 is 28.6 Å². The number of hydrogen-bond donors (Lipinski definition) is 0. The first-order chi connectivity index (χ1) is 34.5. The Kier molecular flexibility index (Phi) is 33.9. The summed E-state index contributed by atoms with van der Waals surface area (Å²) in [5.74, 6) is 2.74. The van der Waals surface area contributed by atoms with Gasteiger partial charge in [0.1, 0.15) is 18.8 Å². The van der Waals surface area contributed by atoms with Crippen molar-refractivity contribution < 1.29 is 47.7 Å². The number of rotatable bonds is 45. The van der Waals surface area contributed by atoms with E-state index in [2.05, 4.69) is 44.7 Å². The molecule has 0 N–H and O–H groups in total. The van der Waals surface area contributed by atoms with Crippen molar-refractivity contribution in [1.29, 1.82) is 0 Å². The fourth-order valence-electron chi connectivity index (χ4n) is 10.9. The van der Waals surface area contributed by atoms with Crippen LogP contribution in [0, 0.1) is 41.4 Å². The van der Waals surface area contributed by atoms with Crippen molar-refractivity contribution in [2.75, 3.05) is 40.5 Å². The predicted octanol–water partition coefficient (Wildman–Crippen LogP) is 14.3. The zero-order valence-electron chi connectivity index (χ0n) is 46.3. The van der Waals surface area contributed by atoms with Gasteiger partial charge >= 0.3 is 29.8 Å². The van der Waals surface area contributed by atoms with Crippen LogP contribution in [0.3, 0.4) is 0 Å². The van der Waals surface area contributed by atoms with Crippen LogP contribution in [0.2, 0.25) is 0 Å². The minimum Gasteiger partial charge on any atom is -0.465 e. The summed E-state index contributed by atoms with van der Waals surface area (Å²) < 4.78 is 29.2. The topological polar surface area (TPSA) is 135 Å². The highest BCUT2D eigenvalue weighted by Crippen LogP contribution is 2.54. The third-order valence-electron chi connectivity index (χ3n) is 15.6. The van der Waals surface area contributed by atoms with E-state index >= 15 is 0 Å². The van der Waals surface area contributed by atoms with Crippen LogP contribution in [0.1, 0.15) is 246 Å². The largest absolute Gasteiger partial charge is 0.465 e. The van der Waals surface area contributed by atoms with Crippen molar-refractivity contribution in [3.8, 4) is 0 Å². The maximum Gasteiger partial charge on any atom is 0.306 e. The van der Waals surface area contributed by atoms with Crippen LogP contribution >= 0.6 is 0 Å². The number of hydrogen-bond acceptors (Lipinski definition) is 11. The van der Waals surface area contributed by atoms with Crippen LogP contribution < -0.4 is 0 Å². The summed E-state index contributed by atoms with van der Waals surface area (Å²) >= 11 is 0. The Labute approximate surface area is 433 Å². The van der Waals surface area contributed by atoms with Crippen LogP contribution in [-0.4, -0.2) is 87.4 Å². The normalized spacial score (nSPS) is 21.9. The molecule has 0 aromatic heterocycles. The molecule has 8 atom stereocenters. The molecule has 3 fully saturated rings. The lowest BCUT2D eigenvalue weighted by atomic mass is 9.88. The van der Waals surface area contributed by atoms with Gasteiger partial charge in [-0.05, 0) is 140 Å². The zero-order valence-corrected chi connectivity index (χ0v) is 46.3. The Hall–Kier alpha value is -2.95. The first-order valence-corrected chi connectivity index (χ1v) is 29.6. The van der Waals surface area contributed by atoms with Gasteiger partial charge in [-0.3, -0.25) is 24.0 Å². The molecule has 0 heterocycles. The maximum atomic E-state index is 13.5. The number of unbranched alkanes of at least 4 members (excludes halogenated alkanes) is 12. The molecular weight excluding hydrogens is 895 g/mol. The van der Waals surface area contributed by atoms with Gasteiger partial charge in [0.15, 0.2) is 0 Å². The lowest BCUT2D eigenvalue weighted by molar-refractivity contribution is -0.160. The molecule has 3 rings (SSSR count). The molecule has 0 saturated heterocycles. The third-order valence-corrected chi connectivity index (χ3v) is 15.6. The number of allylic oxidation sites excluding steroid dienone is 2. The fraction of sp³-hybridized carbons (Fsp3) is 0.883. The Bertz CT molecular complexity index is 1460. The quantitative estimate of drug-likeness (QED) is 0.0250. The Morgan fingerprint density at radius 2 is 1.06 bits per heavy atom. The zero-order chi connectivity index (χ0) is 51.5. The Balaban J connectivity index is 1.48. The van der Waals surface area contributed by atoms with E-state index in [0.29, 0.717) is 44.9 Å². The first-order valence-electron chi connectivity index (χ1n) is 29.6. The van der Waals surface area contributed by atoms with Crippen molar-refractivity contribution >= 4 is 29.8 Å². The fourth-order valence-corrected chi connectivity index (χ4v) is 10.9. The van der Waals surface area contributed by atoms with Gasteiger partial charge in [-0.1, -0.05) is 136 Å². The lowest BCUT2D eigenvalue weighted by Crippen LogP contribution is -2.28. The van der Waals surface area contributed by atoms with Gasteiger partial charge in [-0.2, -0.15) is 0 Å². The monoisotopic (exact) mass is 1000 g/mol. The van der Waals surface area contributed by atoms with E-state index in [0.717, 1.165) is 120 Å². The third kappa shape index (κ3) is 30.1. The molecule has 0 aromatic carbocycles. The van der Waals surface area contributed by atoms with Crippen LogP contribution in [0.15, 0.2) is 12.2 Å². The van der Waals surface area contributed by atoms with Crippen molar-refractivity contribution in [2.45, 2.75) is 258 Å². The lowest BCUT2D eigenvalue weighted by Gasteiger charge is -2.24. The van der Waals surface area contributed by atoms with Gasteiger partial charge in [0.2, 0.25) is 0 Å². The van der Waals surface area contributed by atoms with E-state index in [-0.39, 0.29) is 86.4 Å². The second-order valence-corrected chi connectivity index (χ2v) is 22.4. The van der Waals surface area contributed by atoms with Gasteiger partial charge in [0.25, 0.3) is 0 Å². The molecule has 8 unspecified atom stereocenters. The predicted molar refractivity (Wildman–Crippen MR) is 284 cm³/mol. The molecular formula is C60H105NO10. The Morgan fingerprint density at radius 3 is 1.68 bits per heavy atom. The molecule has 3 aliphatic rings. The first kappa shape index (κ1) is 62.3. The number of carbonyl (C=O) groups excluding carboxylic acids is 5. The molecule has 0 aliphatic heterocycles. The molecule has 3 aliphatic carbocycles. The average molecular weight is 1000 g/mol. The molecule has 0 amide bonds. The van der Waals surface area contributed by atoms with Crippen LogP contribution in [0.25, 0.3) is 0 Å². The standard InChI is InChI=1S/C60H105NO10/c1-7-11-19-29-48-40-51(48)42-52-41-49(52)30-23-17-15-16-18-24-31-53(46-69-60(66)43-50-37-38-55(54(50)32-20-12-8-2)71-59(65)36-27-39-61(5)6)70-58(64)35-26-25-28-47(44-67-56(62)33-21-13-9-3)45-68-57(63)34-22-14-10-4/h12,20,47-55H,7-11,13-19,21-46H2,1-6H3/b20-12-. The van der Waals surface area contributed by atoms with Gasteiger partial charge in [-0.15, -0.1) is 0 Å². The van der Waals surface area contributed by atoms with E-state index in [1.807, 2.05) is 14.1 Å². The van der Waals surface area contributed by atoms with Gasteiger partial charge in [0, 0.05) is 43.9 Å². The molecule has 0 bridgehead atoms. The van der Waals surface area contributed by atoms with Crippen molar-refractivity contribution in [1.82, 2.24) is 4.90 Å². The molecule has 11 heteroatoms. The van der Waals surface area contributed by atoms with E-state index in [1.165, 1.54) is 70.6 Å². The number of nitrogens with zero attached hydrogens (tertiary/aromatic N) is 1. The SMILES string of the molecule is CC/C=C\CC1C(CC(=O)OCC(CCCCCCCCC2CC2CC2CC2CCCCC)OC(=O)CCCCC(COC(=O)CCCCC)COC(=O)CCCCC)CCC1OC(=O)CCCN(C)C. The molecule has 0 aromatic rings. The number of ether oxygens (including phenoxy) is 5. The summed E-state index contributed by atoms with van der Waals surface area (Å²) in [4.78, 5) is 66.5. The summed E-state index contributed by atoms with van der Waals surface area (Å²) in [5.41, 5.74) is 0. The van der Waals surface area contributed by atoms with E-state index < -0.39 is 6.10 Å². The second-order valence-electron chi connectivity index (χ2n) is 22.4. The highest BCUT2D eigenvalue weighted by Gasteiger charge is 2.44. The number of carbonyl (C=O) groups is 5. The molecule has 410 valence electrons. The highest BCUT2D eigenvalue weighted by atomic mass is 16.6. The second kappa shape index (κ2) is 38.6. The molecule has 11 nitrogen and oxygen atoms in total. The molecule has 0 radical (unpaired) electrons. The van der Waals surface area contributed by atoms with Crippen molar-refractivity contribution in [2.24, 2.45) is 41.4 Å². The van der Waals surface area contributed by atoms with E-state index in [9.17, 15) is 24.0 Å². The summed E-state index contributed by atoms with van der Waals surface area (Å²) in [6.45, 7) is 9.81. The summed E-state index contributed by atoms with van der Waals surface area (Å²) in [6, 6.07) is 0. The van der Waals surface area contributed by atoms with E-state index in [4.69, 9.17) is 23.7 Å². The molecule has 71 heavy (non-hydrogen) atoms. The number of esters is 5. The van der Waals surface area contributed by atoms with Crippen LogP contribution in [-0.2, 0) is 47.7 Å². The highest BCUT2D eigenvalue weighted by molar-refractivity contribution is 5.71. The van der Waals surface area contributed by atoms with Crippen molar-refractivity contribution in [3.05, 3.63) is 12.2 Å². The summed E-state index contributed by atoms with van der Waals surface area (Å²) in [6.07, 6.45) is 35.6. The average Bonchev–Trinajstić information content (AvgIpc) is 4.25. The maximum absolute atomic E-state index is 13.5. The Morgan fingerprint density at radius 1 is 0.521 bits per heavy atom. The van der Waals surface area contributed by atoms with Gasteiger partial charge in [0.05, 0.1) is 13.2 Å². The van der Waals surface area contributed by atoms with Crippen molar-refractivity contribution in [3.63, 3.8) is 0 Å². The van der Waals surface area contributed by atoms with Crippen LogP contribution in [0.4, 0.5) is 0 Å². The minimum absolute atomic E-state index is 0.0280. The van der Waals surface area contributed by atoms with Gasteiger partial charge in [-0.25, -0.2) is 0 Å². The van der Waals surface area contributed by atoms with E-state index in [1.54, 1.807) is 0 Å². The summed E-state index contributed by atoms with van der Waals surface area (Å²) in [7, 11) is 3.99. The molecule has 0 spiro atoms. The summed E-state index contributed by atoms with van der Waals surface area (Å²) in [5, 5.41) is 0. The minimum atomic E-state index is -0.523. The molecule has 3 saturated carbocycles. The van der Waals surface area contributed by atoms with Crippen LogP contribution in [0.5, 0.6) is 0 Å².